The van der Waals surface area contributed by atoms with Crippen molar-refractivity contribution in [1.29, 1.82) is 0 Å². The fourth-order valence-electron chi connectivity index (χ4n) is 1.14. The van der Waals surface area contributed by atoms with Crippen molar-refractivity contribution >= 4 is 15.9 Å². The van der Waals surface area contributed by atoms with Gasteiger partial charge in [0.25, 0.3) is 0 Å². The molecule has 0 fully saturated rings. The zero-order chi connectivity index (χ0) is 9.10. The number of hydrogen-bond donors (Lipinski definition) is 1. The zero-order valence-electron chi connectivity index (χ0n) is 6.87. The Hall–Kier alpha value is -1.16. The number of nitrogens with zero attached hydrogens (tertiary/aromatic N) is 2. The molecular formula is C9H8BrN3. The first kappa shape index (κ1) is 8.44. The third-order valence-electron chi connectivity index (χ3n) is 1.79. The molecule has 0 aliphatic rings. The van der Waals surface area contributed by atoms with Crippen LogP contribution in [-0.4, -0.2) is 15.4 Å². The lowest BCUT2D eigenvalue weighted by molar-refractivity contribution is 0.913. The first-order chi connectivity index (χ1) is 6.36. The molecule has 2 rings (SSSR count). The highest BCUT2D eigenvalue weighted by atomic mass is 79.9. The highest BCUT2D eigenvalue weighted by molar-refractivity contribution is 9.10. The summed E-state index contributed by atoms with van der Waals surface area (Å²) in [6.07, 6.45) is 0.803. The zero-order valence-corrected chi connectivity index (χ0v) is 8.45. The molecule has 3 nitrogen and oxygen atoms in total. The van der Waals surface area contributed by atoms with E-state index < -0.39 is 0 Å². The molecule has 0 amide bonds. The minimum atomic E-state index is 0.788. The first-order valence-electron chi connectivity index (χ1n) is 3.95. The second-order valence-corrected chi connectivity index (χ2v) is 3.47. The molecule has 4 heteroatoms. The number of H-pyrrole nitrogens is 1. The van der Waals surface area contributed by atoms with Crippen molar-refractivity contribution < 1.29 is 0 Å². The third kappa shape index (κ3) is 1.95. The Balaban J connectivity index is 2.20. The fourth-order valence-corrected chi connectivity index (χ4v) is 1.45. The average Bonchev–Trinajstić information content (AvgIpc) is 2.54. The Morgan fingerprint density at radius 2 is 1.92 bits per heavy atom. The fraction of sp³-hybridized carbons (Fsp3) is 0.111. The van der Waals surface area contributed by atoms with Gasteiger partial charge in [0.05, 0.1) is 0 Å². The van der Waals surface area contributed by atoms with Gasteiger partial charge in [-0.05, 0) is 21.5 Å². The van der Waals surface area contributed by atoms with Crippen LogP contribution in [0.3, 0.4) is 0 Å². The molecule has 66 valence electrons. The van der Waals surface area contributed by atoms with Crippen molar-refractivity contribution in [1.82, 2.24) is 15.4 Å². The molecule has 1 N–H and O–H groups in total. The van der Waals surface area contributed by atoms with Crippen molar-refractivity contribution in [2.24, 2.45) is 0 Å². The molecule has 13 heavy (non-hydrogen) atoms. The molecule has 0 aliphatic carbocycles. The molecule has 0 saturated heterocycles. The summed E-state index contributed by atoms with van der Waals surface area (Å²) in [5.74, 6) is 0. The number of hydrogen-bond acceptors (Lipinski definition) is 2. The Morgan fingerprint density at radius 3 is 2.54 bits per heavy atom. The van der Waals surface area contributed by atoms with E-state index in [2.05, 4.69) is 43.5 Å². The molecule has 1 heterocycles. The van der Waals surface area contributed by atoms with Crippen molar-refractivity contribution in [3.63, 3.8) is 0 Å². The minimum absolute atomic E-state index is 0.788. The third-order valence-corrected chi connectivity index (χ3v) is 2.42. The predicted molar refractivity (Wildman–Crippen MR) is 53.3 cm³/mol. The monoisotopic (exact) mass is 237 g/mol. The van der Waals surface area contributed by atoms with Crippen molar-refractivity contribution in [3.05, 3.63) is 46.2 Å². The van der Waals surface area contributed by atoms with Crippen LogP contribution < -0.4 is 0 Å². The van der Waals surface area contributed by atoms with E-state index in [0.29, 0.717) is 0 Å². The Kier molecular flexibility index (Phi) is 2.40. The van der Waals surface area contributed by atoms with Crippen LogP contribution >= 0.6 is 15.9 Å². The lowest BCUT2D eigenvalue weighted by atomic mass is 10.1. The van der Waals surface area contributed by atoms with Gasteiger partial charge < -0.3 is 0 Å². The number of aromatic amines is 1. The van der Waals surface area contributed by atoms with E-state index >= 15 is 0 Å². The molecule has 0 unspecified atom stereocenters. The molecule has 0 spiro atoms. The van der Waals surface area contributed by atoms with Crippen LogP contribution in [0.15, 0.2) is 34.9 Å². The summed E-state index contributed by atoms with van der Waals surface area (Å²) in [5, 5.41) is 10.5. The Bertz CT molecular complexity index is 383. The van der Waals surface area contributed by atoms with E-state index in [1.807, 2.05) is 18.2 Å². The topological polar surface area (TPSA) is 41.6 Å². The molecule has 0 saturated carbocycles. The van der Waals surface area contributed by atoms with Crippen LogP contribution in [0, 0.1) is 0 Å². The summed E-state index contributed by atoms with van der Waals surface area (Å²) in [4.78, 5) is 0. The summed E-state index contributed by atoms with van der Waals surface area (Å²) >= 11 is 3.32. The Morgan fingerprint density at radius 1 is 1.15 bits per heavy atom. The van der Waals surface area contributed by atoms with Gasteiger partial charge in [0, 0.05) is 6.42 Å². The van der Waals surface area contributed by atoms with Crippen LogP contribution in [0.4, 0.5) is 0 Å². The van der Waals surface area contributed by atoms with Crippen LogP contribution in [0.1, 0.15) is 11.3 Å². The number of aromatic nitrogens is 3. The maximum absolute atomic E-state index is 4.03. The van der Waals surface area contributed by atoms with Crippen LogP contribution in [0.5, 0.6) is 0 Å². The van der Waals surface area contributed by atoms with Gasteiger partial charge in [0.2, 0.25) is 0 Å². The van der Waals surface area contributed by atoms with Gasteiger partial charge in [0.15, 0.2) is 4.60 Å². The summed E-state index contributed by atoms with van der Waals surface area (Å²) in [6, 6.07) is 10.2. The molecule has 0 atom stereocenters. The smallest absolute Gasteiger partial charge is 0.151 e. The second-order valence-electron chi connectivity index (χ2n) is 2.72. The lowest BCUT2D eigenvalue weighted by Crippen LogP contribution is -1.88. The molecule has 0 aliphatic heterocycles. The molecule has 1 aromatic heterocycles. The number of rotatable bonds is 2. The molecule has 0 bridgehead atoms. The van der Waals surface area contributed by atoms with Gasteiger partial charge in [-0.1, -0.05) is 30.3 Å². The van der Waals surface area contributed by atoms with Crippen LogP contribution in [0.2, 0.25) is 0 Å². The van der Waals surface area contributed by atoms with E-state index in [4.69, 9.17) is 0 Å². The van der Waals surface area contributed by atoms with E-state index in [-0.39, 0.29) is 0 Å². The number of halogens is 1. The number of benzene rings is 1. The van der Waals surface area contributed by atoms with Crippen molar-refractivity contribution in [2.75, 3.05) is 0 Å². The number of nitrogens with one attached hydrogen (secondary N) is 1. The van der Waals surface area contributed by atoms with Crippen LogP contribution in [0.25, 0.3) is 0 Å². The van der Waals surface area contributed by atoms with Gasteiger partial charge in [-0.25, -0.2) is 0 Å². The highest BCUT2D eigenvalue weighted by Crippen LogP contribution is 2.13. The lowest BCUT2D eigenvalue weighted by Gasteiger charge is -1.96. The molecular weight excluding hydrogens is 230 g/mol. The van der Waals surface area contributed by atoms with E-state index in [1.54, 1.807) is 0 Å². The summed E-state index contributed by atoms with van der Waals surface area (Å²) in [7, 11) is 0. The predicted octanol–water partition coefficient (Wildman–Crippen LogP) is 2.16. The van der Waals surface area contributed by atoms with E-state index in [1.165, 1.54) is 5.56 Å². The standard InChI is InChI=1S/C9H8BrN3/c10-9-8(11-13-12-9)6-7-4-2-1-3-5-7/h1-5H,6H2,(H,11,12,13). The van der Waals surface area contributed by atoms with Gasteiger partial charge >= 0.3 is 0 Å². The molecule has 2 aromatic rings. The Labute approximate surface area is 84.3 Å². The van der Waals surface area contributed by atoms with Crippen molar-refractivity contribution in [2.45, 2.75) is 6.42 Å². The normalized spacial score (nSPS) is 10.2. The van der Waals surface area contributed by atoms with E-state index in [0.717, 1.165) is 16.7 Å². The summed E-state index contributed by atoms with van der Waals surface area (Å²) in [6.45, 7) is 0. The maximum atomic E-state index is 4.03. The highest BCUT2D eigenvalue weighted by Gasteiger charge is 2.04. The van der Waals surface area contributed by atoms with Crippen molar-refractivity contribution in [3.8, 4) is 0 Å². The average molecular weight is 238 g/mol. The molecule has 0 radical (unpaired) electrons. The largest absolute Gasteiger partial charge is 0.197 e. The minimum Gasteiger partial charge on any atom is -0.197 e. The maximum Gasteiger partial charge on any atom is 0.151 e. The van der Waals surface area contributed by atoms with Gasteiger partial charge in [-0.2, -0.15) is 10.3 Å². The van der Waals surface area contributed by atoms with Gasteiger partial charge in [-0.3, -0.25) is 0 Å². The van der Waals surface area contributed by atoms with Crippen LogP contribution in [-0.2, 0) is 6.42 Å². The van der Waals surface area contributed by atoms with Gasteiger partial charge in [-0.15, -0.1) is 5.10 Å². The first-order valence-corrected chi connectivity index (χ1v) is 4.74. The summed E-state index contributed by atoms with van der Waals surface area (Å²) in [5.41, 5.74) is 2.17. The van der Waals surface area contributed by atoms with Gasteiger partial charge in [0.1, 0.15) is 5.69 Å². The second kappa shape index (κ2) is 3.70. The molecule has 1 aromatic carbocycles. The quantitative estimate of drug-likeness (QED) is 0.870. The van der Waals surface area contributed by atoms with E-state index in [9.17, 15) is 0 Å². The summed E-state index contributed by atoms with van der Waals surface area (Å²) < 4.78 is 0.788. The SMILES string of the molecule is Brc1n[nH]nc1Cc1ccccc1.